The van der Waals surface area contributed by atoms with Crippen molar-refractivity contribution >= 4 is 5.78 Å². The molecule has 18 heavy (non-hydrogen) atoms. The average Bonchev–Trinajstić information content (AvgIpc) is 2.77. The summed E-state index contributed by atoms with van der Waals surface area (Å²) in [5.74, 6) is 0.760. The summed E-state index contributed by atoms with van der Waals surface area (Å²) in [6, 6.07) is 0.561. The number of Topliss-reactive ketones (excluding diaryl/α,β-unsaturated/α-hetero) is 1. The molecule has 1 spiro atoms. The number of hydrogen-bond donors (Lipinski definition) is 1. The fourth-order valence-electron chi connectivity index (χ4n) is 2.93. The molecular weight excluding hydrogens is 230 g/mol. The normalized spacial score (nSPS) is 23.2. The highest BCUT2D eigenvalue weighted by molar-refractivity contribution is 5.98. The highest BCUT2D eigenvalue weighted by Gasteiger charge is 2.43. The number of carbonyl (C=O) groups excluding carboxylic acids is 1. The van der Waals surface area contributed by atoms with E-state index < -0.39 is 0 Å². The quantitative estimate of drug-likeness (QED) is 0.821. The van der Waals surface area contributed by atoms with Crippen LogP contribution in [0, 0.1) is 0 Å². The first-order valence-electron chi connectivity index (χ1n) is 6.59. The molecule has 2 aliphatic heterocycles. The van der Waals surface area contributed by atoms with E-state index in [1.807, 2.05) is 0 Å². The van der Waals surface area contributed by atoms with Crippen LogP contribution < -0.4 is 4.74 Å². The van der Waals surface area contributed by atoms with Gasteiger partial charge in [-0.25, -0.2) is 0 Å². The van der Waals surface area contributed by atoms with Crippen molar-refractivity contribution in [1.82, 2.24) is 15.1 Å². The van der Waals surface area contributed by atoms with Crippen molar-refractivity contribution in [3.05, 3.63) is 11.9 Å². The van der Waals surface area contributed by atoms with Crippen molar-refractivity contribution in [2.75, 3.05) is 13.1 Å². The van der Waals surface area contributed by atoms with Gasteiger partial charge in [0.25, 0.3) is 0 Å². The van der Waals surface area contributed by atoms with Crippen molar-refractivity contribution < 1.29 is 9.53 Å². The Kier molecular flexibility index (Phi) is 2.66. The number of rotatable bonds is 1. The monoisotopic (exact) mass is 249 g/mol. The second-order valence-corrected chi connectivity index (χ2v) is 5.62. The van der Waals surface area contributed by atoms with Crippen LogP contribution in [0.3, 0.4) is 0 Å². The first-order valence-corrected chi connectivity index (χ1v) is 6.59. The van der Waals surface area contributed by atoms with Gasteiger partial charge in [0.15, 0.2) is 11.5 Å². The lowest BCUT2D eigenvalue weighted by molar-refractivity contribution is -0.0154. The van der Waals surface area contributed by atoms with E-state index in [2.05, 4.69) is 28.9 Å². The topological polar surface area (TPSA) is 58.2 Å². The number of carbonyl (C=O) groups is 1. The molecule has 1 saturated heterocycles. The van der Waals surface area contributed by atoms with E-state index in [0.29, 0.717) is 23.9 Å². The minimum absolute atomic E-state index is 0.131. The fourth-order valence-corrected chi connectivity index (χ4v) is 2.93. The van der Waals surface area contributed by atoms with Gasteiger partial charge in [0.1, 0.15) is 11.3 Å². The second-order valence-electron chi connectivity index (χ2n) is 5.62. The number of piperidine rings is 1. The summed E-state index contributed by atoms with van der Waals surface area (Å²) in [6.45, 7) is 6.41. The Bertz CT molecular complexity index is 459. The molecule has 1 N–H and O–H groups in total. The molecule has 1 fully saturated rings. The van der Waals surface area contributed by atoms with Gasteiger partial charge in [-0.05, 0) is 13.8 Å². The first kappa shape index (κ1) is 11.7. The number of ketones is 1. The molecule has 5 heteroatoms. The maximum atomic E-state index is 12.1. The fraction of sp³-hybridized carbons (Fsp3) is 0.692. The van der Waals surface area contributed by atoms with Crippen LogP contribution in [0.2, 0.25) is 0 Å². The molecule has 3 heterocycles. The third kappa shape index (κ3) is 1.82. The first-order chi connectivity index (χ1) is 8.60. The largest absolute Gasteiger partial charge is 0.483 e. The van der Waals surface area contributed by atoms with E-state index in [0.717, 1.165) is 25.9 Å². The molecule has 98 valence electrons. The molecule has 0 aromatic carbocycles. The lowest BCUT2D eigenvalue weighted by Crippen LogP contribution is -2.52. The van der Waals surface area contributed by atoms with Gasteiger partial charge in [0, 0.05) is 32.0 Å². The van der Waals surface area contributed by atoms with Crippen LogP contribution in [-0.2, 0) is 0 Å². The van der Waals surface area contributed by atoms with Crippen LogP contribution in [0.1, 0.15) is 43.6 Å². The van der Waals surface area contributed by atoms with E-state index in [4.69, 9.17) is 4.74 Å². The number of aromatic nitrogens is 2. The number of H-pyrrole nitrogens is 1. The molecule has 1 aromatic heterocycles. The average molecular weight is 249 g/mol. The number of hydrogen-bond acceptors (Lipinski definition) is 4. The van der Waals surface area contributed by atoms with E-state index in [-0.39, 0.29) is 11.4 Å². The van der Waals surface area contributed by atoms with E-state index >= 15 is 0 Å². The Morgan fingerprint density at radius 2 is 2.17 bits per heavy atom. The maximum Gasteiger partial charge on any atom is 0.188 e. The number of nitrogens with zero attached hydrogens (tertiary/aromatic N) is 2. The van der Waals surface area contributed by atoms with Crippen molar-refractivity contribution in [3.8, 4) is 5.75 Å². The molecule has 0 amide bonds. The van der Waals surface area contributed by atoms with Crippen molar-refractivity contribution in [2.45, 2.75) is 44.8 Å². The van der Waals surface area contributed by atoms with E-state index in [1.165, 1.54) is 0 Å². The van der Waals surface area contributed by atoms with Crippen LogP contribution in [0.25, 0.3) is 0 Å². The molecule has 1 aromatic rings. The predicted molar refractivity (Wildman–Crippen MR) is 66.8 cm³/mol. The Morgan fingerprint density at radius 3 is 2.83 bits per heavy atom. The Labute approximate surface area is 107 Å². The highest BCUT2D eigenvalue weighted by Crippen LogP contribution is 2.38. The van der Waals surface area contributed by atoms with Gasteiger partial charge >= 0.3 is 0 Å². The molecule has 5 nitrogen and oxygen atoms in total. The third-order valence-electron chi connectivity index (χ3n) is 4.13. The van der Waals surface area contributed by atoms with Crippen molar-refractivity contribution in [3.63, 3.8) is 0 Å². The van der Waals surface area contributed by atoms with Gasteiger partial charge in [-0.2, -0.15) is 5.10 Å². The van der Waals surface area contributed by atoms with Crippen LogP contribution in [-0.4, -0.2) is 45.6 Å². The Morgan fingerprint density at radius 1 is 1.44 bits per heavy atom. The van der Waals surface area contributed by atoms with Crippen LogP contribution in [0.15, 0.2) is 6.20 Å². The van der Waals surface area contributed by atoms with Gasteiger partial charge in [-0.3, -0.25) is 9.89 Å². The number of likely N-dealkylation sites (tertiary alicyclic amines) is 1. The molecule has 0 aliphatic carbocycles. The molecule has 3 rings (SSSR count). The number of fused-ring (bicyclic) bond motifs is 1. The Balaban J connectivity index is 1.77. The summed E-state index contributed by atoms with van der Waals surface area (Å²) in [7, 11) is 0. The summed E-state index contributed by atoms with van der Waals surface area (Å²) in [6.07, 6.45) is 3.93. The van der Waals surface area contributed by atoms with Gasteiger partial charge in [-0.1, -0.05) is 0 Å². The SMILES string of the molecule is CC(C)N1CCC2(CC1)CC(=O)c1[nH]ncc1O2. The molecule has 0 saturated carbocycles. The Hall–Kier alpha value is -1.36. The summed E-state index contributed by atoms with van der Waals surface area (Å²) >= 11 is 0. The highest BCUT2D eigenvalue weighted by atomic mass is 16.5. The summed E-state index contributed by atoms with van der Waals surface area (Å²) in [5.41, 5.74) is 0.242. The van der Waals surface area contributed by atoms with Gasteiger partial charge in [0.05, 0.1) is 12.6 Å². The molecule has 2 aliphatic rings. The molecule has 0 radical (unpaired) electrons. The van der Waals surface area contributed by atoms with Gasteiger partial charge in [-0.15, -0.1) is 0 Å². The summed E-state index contributed by atoms with van der Waals surface area (Å²) < 4.78 is 6.06. The van der Waals surface area contributed by atoms with E-state index in [1.54, 1.807) is 6.20 Å². The zero-order valence-corrected chi connectivity index (χ0v) is 10.9. The number of aromatic amines is 1. The summed E-state index contributed by atoms with van der Waals surface area (Å²) in [5, 5.41) is 6.62. The maximum absolute atomic E-state index is 12.1. The van der Waals surface area contributed by atoms with Gasteiger partial charge in [0.2, 0.25) is 0 Å². The lowest BCUT2D eigenvalue weighted by atomic mass is 9.83. The minimum atomic E-state index is -0.292. The smallest absolute Gasteiger partial charge is 0.188 e. The number of ether oxygens (including phenoxy) is 1. The molecular formula is C13H19N3O2. The molecule has 0 bridgehead atoms. The van der Waals surface area contributed by atoms with Crippen molar-refractivity contribution in [2.24, 2.45) is 0 Å². The third-order valence-corrected chi connectivity index (χ3v) is 4.13. The summed E-state index contributed by atoms with van der Waals surface area (Å²) in [4.78, 5) is 14.5. The van der Waals surface area contributed by atoms with Crippen LogP contribution in [0.4, 0.5) is 0 Å². The van der Waals surface area contributed by atoms with Crippen molar-refractivity contribution in [1.29, 1.82) is 0 Å². The number of nitrogens with one attached hydrogen (secondary N) is 1. The zero-order valence-electron chi connectivity index (χ0n) is 10.9. The lowest BCUT2D eigenvalue weighted by Gasteiger charge is -2.44. The zero-order chi connectivity index (χ0) is 12.8. The standard InChI is InChI=1S/C13H19N3O2/c1-9(2)16-5-3-13(4-6-16)7-10(17)12-11(18-13)8-14-15-12/h8-9H,3-7H2,1-2H3,(H,14,15). The van der Waals surface area contributed by atoms with Crippen LogP contribution >= 0.6 is 0 Å². The predicted octanol–water partition coefficient (Wildman–Crippen LogP) is 1.62. The second kappa shape index (κ2) is 4.09. The van der Waals surface area contributed by atoms with Crippen LogP contribution in [0.5, 0.6) is 5.75 Å². The van der Waals surface area contributed by atoms with Gasteiger partial charge < -0.3 is 9.64 Å². The van der Waals surface area contributed by atoms with E-state index in [9.17, 15) is 4.79 Å². The molecule has 0 unspecified atom stereocenters. The molecule has 0 atom stereocenters. The minimum Gasteiger partial charge on any atom is -0.483 e.